The molecule has 1 aliphatic rings. The number of methoxy groups -OCH3 is 1. The van der Waals surface area contributed by atoms with Crippen molar-refractivity contribution in [3.63, 3.8) is 0 Å². The highest BCUT2D eigenvalue weighted by molar-refractivity contribution is 7.10. The molecule has 1 fully saturated rings. The predicted octanol–water partition coefficient (Wildman–Crippen LogP) is 7.14. The maximum Gasteiger partial charge on any atom is 0.300 e. The largest absolute Gasteiger partial charge is 0.507 e. The highest BCUT2D eigenvalue weighted by Crippen LogP contribution is 2.44. The van der Waals surface area contributed by atoms with E-state index in [1.807, 2.05) is 48.7 Å². The summed E-state index contributed by atoms with van der Waals surface area (Å²) in [6.45, 7) is 1.98. The van der Waals surface area contributed by atoms with Gasteiger partial charge in [-0.2, -0.15) is 0 Å². The lowest BCUT2D eigenvalue weighted by Crippen LogP contribution is -2.29. The van der Waals surface area contributed by atoms with Gasteiger partial charge in [-0.05, 0) is 78.5 Å². The fraction of sp³-hybridized carbons (Fsp3) is 0.103. The molecule has 1 aromatic heterocycles. The van der Waals surface area contributed by atoms with Crippen LogP contribution in [0.2, 0.25) is 5.02 Å². The molecule has 4 aromatic rings. The van der Waals surface area contributed by atoms with Crippen molar-refractivity contribution < 1.29 is 24.2 Å². The highest BCUT2D eigenvalue weighted by Gasteiger charge is 2.47. The van der Waals surface area contributed by atoms with Gasteiger partial charge in [-0.25, -0.2) is 0 Å². The van der Waals surface area contributed by atoms with Gasteiger partial charge in [0.1, 0.15) is 29.0 Å². The van der Waals surface area contributed by atoms with E-state index in [2.05, 4.69) is 0 Å². The molecule has 186 valence electrons. The molecule has 37 heavy (non-hydrogen) atoms. The minimum absolute atomic E-state index is 0.00286. The zero-order valence-corrected chi connectivity index (χ0v) is 21.5. The molecule has 0 saturated carbocycles. The van der Waals surface area contributed by atoms with Gasteiger partial charge < -0.3 is 14.6 Å². The summed E-state index contributed by atoms with van der Waals surface area (Å²) in [5, 5.41) is 13.5. The topological polar surface area (TPSA) is 76.1 Å². The number of thiophene rings is 1. The Bertz CT molecular complexity index is 1510. The van der Waals surface area contributed by atoms with Crippen LogP contribution in [0.15, 0.2) is 89.8 Å². The molecule has 1 aliphatic heterocycles. The number of amides is 1. The van der Waals surface area contributed by atoms with Gasteiger partial charge in [0.15, 0.2) is 0 Å². The standard InChI is InChI=1S/C29H22ClNO5S/c1-17-5-3-6-21(15-17)36-20-11-9-19(10-12-20)31-26(24-7-4-14-37-24)25(28(33)29(31)34)27(32)18-8-13-22(30)23(16-18)35-2/h3-16,26,32H,1-2H3/b27-25-. The lowest BCUT2D eigenvalue weighted by molar-refractivity contribution is -0.132. The number of aliphatic hydroxyl groups is 1. The molecule has 1 unspecified atom stereocenters. The van der Waals surface area contributed by atoms with Gasteiger partial charge in [0.2, 0.25) is 0 Å². The summed E-state index contributed by atoms with van der Waals surface area (Å²) in [7, 11) is 1.46. The maximum absolute atomic E-state index is 13.3. The van der Waals surface area contributed by atoms with Crippen LogP contribution in [0.3, 0.4) is 0 Å². The minimum Gasteiger partial charge on any atom is -0.507 e. The summed E-state index contributed by atoms with van der Waals surface area (Å²) in [6, 6.07) is 22.2. The molecule has 6 nitrogen and oxygen atoms in total. The third kappa shape index (κ3) is 4.71. The Morgan fingerprint density at radius 2 is 1.76 bits per heavy atom. The summed E-state index contributed by atoms with van der Waals surface area (Å²) in [5.74, 6) is -0.166. The number of halogens is 1. The first kappa shape index (κ1) is 24.6. The second-order valence-electron chi connectivity index (χ2n) is 8.45. The number of rotatable bonds is 6. The van der Waals surface area contributed by atoms with Gasteiger partial charge in [-0.15, -0.1) is 11.3 Å². The van der Waals surface area contributed by atoms with E-state index in [4.69, 9.17) is 21.1 Å². The Morgan fingerprint density at radius 3 is 2.43 bits per heavy atom. The summed E-state index contributed by atoms with van der Waals surface area (Å²) >= 11 is 7.53. The average Bonchev–Trinajstić information content (AvgIpc) is 3.51. The number of carbonyl (C=O) groups excluding carboxylic acids is 2. The van der Waals surface area contributed by atoms with Gasteiger partial charge in [0.25, 0.3) is 11.7 Å². The number of aryl methyl sites for hydroxylation is 1. The van der Waals surface area contributed by atoms with Gasteiger partial charge in [-0.3, -0.25) is 14.5 Å². The molecule has 0 bridgehead atoms. The first-order valence-electron chi connectivity index (χ1n) is 11.4. The molecule has 1 atom stereocenters. The zero-order chi connectivity index (χ0) is 26.1. The Balaban J connectivity index is 1.55. The monoisotopic (exact) mass is 531 g/mol. The van der Waals surface area contributed by atoms with Gasteiger partial charge >= 0.3 is 0 Å². The van der Waals surface area contributed by atoms with Crippen molar-refractivity contribution in [2.24, 2.45) is 0 Å². The van der Waals surface area contributed by atoms with E-state index < -0.39 is 17.7 Å². The molecule has 5 rings (SSSR count). The van der Waals surface area contributed by atoms with Crippen LogP contribution in [0.1, 0.15) is 22.0 Å². The van der Waals surface area contributed by atoms with E-state index in [1.54, 1.807) is 36.4 Å². The summed E-state index contributed by atoms with van der Waals surface area (Å²) in [4.78, 5) is 28.7. The predicted molar refractivity (Wildman–Crippen MR) is 145 cm³/mol. The fourth-order valence-electron chi connectivity index (χ4n) is 4.27. The van der Waals surface area contributed by atoms with Crippen molar-refractivity contribution in [1.82, 2.24) is 0 Å². The fourth-order valence-corrected chi connectivity index (χ4v) is 5.29. The summed E-state index contributed by atoms with van der Waals surface area (Å²) in [5.41, 5.74) is 1.90. The molecule has 8 heteroatoms. The van der Waals surface area contributed by atoms with Gasteiger partial charge in [0.05, 0.1) is 17.7 Å². The molecule has 2 heterocycles. The number of Topliss-reactive ketones (excluding diaryl/α,β-unsaturated/α-hetero) is 1. The van der Waals surface area contributed by atoms with Crippen molar-refractivity contribution in [3.05, 3.63) is 111 Å². The Labute approximate surface area is 223 Å². The number of anilines is 1. The van der Waals surface area contributed by atoms with Crippen LogP contribution in [-0.4, -0.2) is 23.9 Å². The van der Waals surface area contributed by atoms with E-state index in [0.717, 1.165) is 10.4 Å². The van der Waals surface area contributed by atoms with Crippen molar-refractivity contribution in [3.8, 4) is 17.2 Å². The quantitative estimate of drug-likeness (QED) is 0.163. The third-order valence-electron chi connectivity index (χ3n) is 6.02. The van der Waals surface area contributed by atoms with E-state index >= 15 is 0 Å². The van der Waals surface area contributed by atoms with Crippen LogP contribution in [0.4, 0.5) is 5.69 Å². The van der Waals surface area contributed by atoms with Crippen LogP contribution in [0.25, 0.3) is 5.76 Å². The lowest BCUT2D eigenvalue weighted by atomic mass is 9.99. The van der Waals surface area contributed by atoms with Gasteiger partial charge in [0, 0.05) is 16.1 Å². The second-order valence-corrected chi connectivity index (χ2v) is 9.83. The van der Waals surface area contributed by atoms with Gasteiger partial charge in [-0.1, -0.05) is 29.8 Å². The lowest BCUT2D eigenvalue weighted by Gasteiger charge is -2.24. The Hall–Kier alpha value is -4.07. The average molecular weight is 532 g/mol. The minimum atomic E-state index is -0.801. The SMILES string of the molecule is COc1cc(/C(O)=C2/C(=O)C(=O)N(c3ccc(Oc4cccc(C)c4)cc3)C2c2cccs2)ccc1Cl. The molecule has 1 saturated heterocycles. The van der Waals surface area contributed by atoms with Crippen molar-refractivity contribution in [2.75, 3.05) is 12.0 Å². The van der Waals surface area contributed by atoms with Crippen LogP contribution in [0, 0.1) is 6.92 Å². The smallest absolute Gasteiger partial charge is 0.300 e. The third-order valence-corrected chi connectivity index (χ3v) is 7.26. The number of benzene rings is 3. The number of nitrogens with zero attached hydrogens (tertiary/aromatic N) is 1. The first-order chi connectivity index (χ1) is 17.9. The number of ketones is 1. The number of carbonyl (C=O) groups is 2. The molecule has 0 radical (unpaired) electrons. The van der Waals surface area contributed by atoms with Crippen LogP contribution in [-0.2, 0) is 9.59 Å². The summed E-state index contributed by atoms with van der Waals surface area (Å²) < 4.78 is 11.2. The Kier molecular flexibility index (Phi) is 6.74. The van der Waals surface area contributed by atoms with Crippen molar-refractivity contribution in [1.29, 1.82) is 0 Å². The molecule has 0 spiro atoms. The zero-order valence-electron chi connectivity index (χ0n) is 20.0. The molecule has 1 amide bonds. The number of aliphatic hydroxyl groups excluding tert-OH is 1. The number of hydrogen-bond donors (Lipinski definition) is 1. The number of hydrogen-bond acceptors (Lipinski definition) is 6. The second kappa shape index (κ2) is 10.1. The molecule has 3 aromatic carbocycles. The van der Waals surface area contributed by atoms with Crippen LogP contribution < -0.4 is 14.4 Å². The molecule has 0 aliphatic carbocycles. The van der Waals surface area contributed by atoms with E-state index in [0.29, 0.717) is 33.5 Å². The first-order valence-corrected chi connectivity index (χ1v) is 12.7. The normalized spacial score (nSPS) is 16.7. The highest BCUT2D eigenvalue weighted by atomic mass is 35.5. The van der Waals surface area contributed by atoms with Crippen molar-refractivity contribution >= 4 is 46.1 Å². The number of ether oxygens (including phenoxy) is 2. The molecular formula is C29H22ClNO5S. The Morgan fingerprint density at radius 1 is 0.973 bits per heavy atom. The van der Waals surface area contributed by atoms with Crippen LogP contribution in [0.5, 0.6) is 17.2 Å². The van der Waals surface area contributed by atoms with E-state index in [9.17, 15) is 14.7 Å². The van der Waals surface area contributed by atoms with E-state index in [-0.39, 0.29) is 11.3 Å². The van der Waals surface area contributed by atoms with E-state index in [1.165, 1.54) is 29.4 Å². The molecular weight excluding hydrogens is 510 g/mol. The van der Waals surface area contributed by atoms with Crippen LogP contribution >= 0.6 is 22.9 Å². The van der Waals surface area contributed by atoms with Crippen molar-refractivity contribution in [2.45, 2.75) is 13.0 Å². The summed E-state index contributed by atoms with van der Waals surface area (Å²) in [6.07, 6.45) is 0. The molecule has 1 N–H and O–H groups in total. The maximum atomic E-state index is 13.3.